The zero-order valence-corrected chi connectivity index (χ0v) is 11.9. The van der Waals surface area contributed by atoms with E-state index < -0.39 is 0 Å². The molecule has 2 heteroatoms. The van der Waals surface area contributed by atoms with Gasteiger partial charge in [0.15, 0.2) is 0 Å². The summed E-state index contributed by atoms with van der Waals surface area (Å²) in [5.74, 6) is 2.48. The zero-order chi connectivity index (χ0) is 13.0. The predicted molar refractivity (Wildman–Crippen MR) is 76.2 cm³/mol. The molecule has 1 N–H and O–H groups in total. The van der Waals surface area contributed by atoms with Gasteiger partial charge in [-0.15, -0.1) is 0 Å². The van der Waals surface area contributed by atoms with Crippen LogP contribution < -0.4 is 5.32 Å². The van der Waals surface area contributed by atoms with Crippen LogP contribution in [0.5, 0.6) is 0 Å². The molecule has 0 aliphatic heterocycles. The summed E-state index contributed by atoms with van der Waals surface area (Å²) in [7, 11) is 0. The molecule has 18 heavy (non-hydrogen) atoms. The standard InChI is InChI=1S/C16H26N2/c1-12(2)15-7-6-13(3)9-16(15)18-11-14-5-4-8-17-10-14/h4-5,8,10,12-13,15-16,18H,6-7,9,11H2,1-3H3. The molecule has 1 aliphatic rings. The average molecular weight is 246 g/mol. The molecule has 1 heterocycles. The minimum absolute atomic E-state index is 0.675. The topological polar surface area (TPSA) is 24.9 Å². The van der Waals surface area contributed by atoms with Gasteiger partial charge in [-0.1, -0.05) is 33.3 Å². The van der Waals surface area contributed by atoms with E-state index in [0.29, 0.717) is 6.04 Å². The second-order valence-corrected chi connectivity index (χ2v) is 6.17. The van der Waals surface area contributed by atoms with E-state index in [4.69, 9.17) is 0 Å². The maximum Gasteiger partial charge on any atom is 0.0312 e. The summed E-state index contributed by atoms with van der Waals surface area (Å²) in [6, 6.07) is 4.84. The van der Waals surface area contributed by atoms with E-state index >= 15 is 0 Å². The fraction of sp³-hybridized carbons (Fsp3) is 0.688. The maximum atomic E-state index is 4.18. The Morgan fingerprint density at radius 1 is 1.39 bits per heavy atom. The number of rotatable bonds is 4. The molecule has 0 bridgehead atoms. The number of nitrogens with one attached hydrogen (secondary N) is 1. The van der Waals surface area contributed by atoms with Crippen LogP contribution in [0.2, 0.25) is 0 Å². The van der Waals surface area contributed by atoms with Gasteiger partial charge in [0.25, 0.3) is 0 Å². The summed E-state index contributed by atoms with van der Waals surface area (Å²) in [5.41, 5.74) is 1.29. The first kappa shape index (κ1) is 13.5. The molecule has 3 atom stereocenters. The van der Waals surface area contributed by atoms with E-state index in [1.54, 1.807) is 0 Å². The van der Waals surface area contributed by atoms with Crippen LogP contribution in [0, 0.1) is 17.8 Å². The number of nitrogens with zero attached hydrogens (tertiary/aromatic N) is 1. The van der Waals surface area contributed by atoms with Crippen LogP contribution >= 0.6 is 0 Å². The van der Waals surface area contributed by atoms with Crippen LogP contribution in [0.3, 0.4) is 0 Å². The molecular formula is C16H26N2. The van der Waals surface area contributed by atoms with Gasteiger partial charge in [-0.05, 0) is 42.2 Å². The molecule has 1 fully saturated rings. The van der Waals surface area contributed by atoms with Crippen molar-refractivity contribution in [3.63, 3.8) is 0 Å². The van der Waals surface area contributed by atoms with Crippen LogP contribution in [0.25, 0.3) is 0 Å². The van der Waals surface area contributed by atoms with Crippen LogP contribution in [0.15, 0.2) is 24.5 Å². The normalized spacial score (nSPS) is 28.6. The molecule has 0 saturated heterocycles. The highest BCUT2D eigenvalue weighted by Crippen LogP contribution is 2.33. The minimum Gasteiger partial charge on any atom is -0.310 e. The van der Waals surface area contributed by atoms with Gasteiger partial charge >= 0.3 is 0 Å². The molecule has 1 saturated carbocycles. The largest absolute Gasteiger partial charge is 0.310 e. The van der Waals surface area contributed by atoms with Gasteiger partial charge in [0.05, 0.1) is 0 Å². The first-order valence-corrected chi connectivity index (χ1v) is 7.29. The van der Waals surface area contributed by atoms with Crippen molar-refractivity contribution in [2.75, 3.05) is 0 Å². The Morgan fingerprint density at radius 2 is 2.22 bits per heavy atom. The van der Waals surface area contributed by atoms with E-state index in [-0.39, 0.29) is 0 Å². The highest BCUT2D eigenvalue weighted by atomic mass is 14.9. The summed E-state index contributed by atoms with van der Waals surface area (Å²) in [6.07, 6.45) is 7.90. The lowest BCUT2D eigenvalue weighted by molar-refractivity contribution is 0.169. The summed E-state index contributed by atoms with van der Waals surface area (Å²) < 4.78 is 0. The molecule has 1 aromatic rings. The maximum absolute atomic E-state index is 4.18. The minimum atomic E-state index is 0.675. The summed E-state index contributed by atoms with van der Waals surface area (Å²) in [5, 5.41) is 3.76. The number of aromatic nitrogens is 1. The van der Waals surface area contributed by atoms with Crippen LogP contribution in [0.4, 0.5) is 0 Å². The lowest BCUT2D eigenvalue weighted by Gasteiger charge is -2.38. The zero-order valence-electron chi connectivity index (χ0n) is 11.9. The second kappa shape index (κ2) is 6.33. The first-order valence-electron chi connectivity index (χ1n) is 7.29. The second-order valence-electron chi connectivity index (χ2n) is 6.17. The van der Waals surface area contributed by atoms with Gasteiger partial charge in [0, 0.05) is 25.0 Å². The molecule has 2 rings (SSSR count). The lowest BCUT2D eigenvalue weighted by atomic mass is 9.74. The van der Waals surface area contributed by atoms with Gasteiger partial charge in [-0.25, -0.2) is 0 Å². The number of hydrogen-bond acceptors (Lipinski definition) is 2. The van der Waals surface area contributed by atoms with Crippen LogP contribution in [-0.4, -0.2) is 11.0 Å². The molecule has 0 spiro atoms. The Balaban J connectivity index is 1.92. The van der Waals surface area contributed by atoms with Gasteiger partial charge < -0.3 is 5.32 Å². The Bertz CT molecular complexity index is 347. The summed E-state index contributed by atoms with van der Waals surface area (Å²) in [6.45, 7) is 8.06. The molecule has 0 amide bonds. The van der Waals surface area contributed by atoms with Crippen molar-refractivity contribution in [2.45, 2.75) is 52.6 Å². The third-order valence-corrected chi connectivity index (χ3v) is 4.31. The number of hydrogen-bond donors (Lipinski definition) is 1. The Hall–Kier alpha value is -0.890. The molecule has 1 aliphatic carbocycles. The molecular weight excluding hydrogens is 220 g/mol. The highest BCUT2D eigenvalue weighted by molar-refractivity contribution is 5.08. The fourth-order valence-corrected chi connectivity index (χ4v) is 3.19. The molecule has 1 aromatic heterocycles. The smallest absolute Gasteiger partial charge is 0.0312 e. The van der Waals surface area contributed by atoms with Crippen LogP contribution in [-0.2, 0) is 6.54 Å². The first-order chi connectivity index (χ1) is 8.66. The lowest BCUT2D eigenvalue weighted by Crippen LogP contribution is -2.42. The predicted octanol–water partition coefficient (Wildman–Crippen LogP) is 3.63. The van der Waals surface area contributed by atoms with Gasteiger partial charge in [-0.3, -0.25) is 4.98 Å². The van der Waals surface area contributed by atoms with E-state index in [2.05, 4.69) is 37.1 Å². The Morgan fingerprint density at radius 3 is 2.89 bits per heavy atom. The third kappa shape index (κ3) is 3.55. The van der Waals surface area contributed by atoms with E-state index in [1.165, 1.54) is 24.8 Å². The van der Waals surface area contributed by atoms with E-state index in [1.807, 2.05) is 18.5 Å². The molecule has 100 valence electrons. The van der Waals surface area contributed by atoms with Gasteiger partial charge in [-0.2, -0.15) is 0 Å². The molecule has 0 aromatic carbocycles. The van der Waals surface area contributed by atoms with Crippen molar-refractivity contribution < 1.29 is 0 Å². The van der Waals surface area contributed by atoms with Crippen molar-refractivity contribution in [1.29, 1.82) is 0 Å². The van der Waals surface area contributed by atoms with Crippen molar-refractivity contribution in [1.82, 2.24) is 10.3 Å². The summed E-state index contributed by atoms with van der Waals surface area (Å²) in [4.78, 5) is 4.18. The van der Waals surface area contributed by atoms with E-state index in [9.17, 15) is 0 Å². The van der Waals surface area contributed by atoms with Crippen LogP contribution in [0.1, 0.15) is 45.6 Å². The Labute approximate surface area is 111 Å². The monoisotopic (exact) mass is 246 g/mol. The third-order valence-electron chi connectivity index (χ3n) is 4.31. The molecule has 2 nitrogen and oxygen atoms in total. The molecule has 0 radical (unpaired) electrons. The van der Waals surface area contributed by atoms with Gasteiger partial charge in [0.1, 0.15) is 0 Å². The van der Waals surface area contributed by atoms with Crippen molar-refractivity contribution in [3.05, 3.63) is 30.1 Å². The van der Waals surface area contributed by atoms with Gasteiger partial charge in [0.2, 0.25) is 0 Å². The Kier molecular flexibility index (Phi) is 4.76. The average Bonchev–Trinajstić information content (AvgIpc) is 2.37. The fourth-order valence-electron chi connectivity index (χ4n) is 3.19. The SMILES string of the molecule is CC1CCC(C(C)C)C(NCc2cccnc2)C1. The van der Waals surface area contributed by atoms with E-state index in [0.717, 1.165) is 24.3 Å². The highest BCUT2D eigenvalue weighted by Gasteiger charge is 2.30. The number of pyridine rings is 1. The molecule has 3 unspecified atom stereocenters. The van der Waals surface area contributed by atoms with Crippen molar-refractivity contribution >= 4 is 0 Å². The summed E-state index contributed by atoms with van der Waals surface area (Å²) >= 11 is 0. The van der Waals surface area contributed by atoms with Crippen molar-refractivity contribution in [3.8, 4) is 0 Å². The van der Waals surface area contributed by atoms with Crippen molar-refractivity contribution in [2.24, 2.45) is 17.8 Å². The quantitative estimate of drug-likeness (QED) is 0.877.